The number of hydrogen-bond acceptors (Lipinski definition) is 9. The number of benzene rings is 1. The van der Waals surface area contributed by atoms with Crippen molar-refractivity contribution in [2.75, 3.05) is 19.9 Å². The fourth-order valence-corrected chi connectivity index (χ4v) is 5.70. The van der Waals surface area contributed by atoms with Gasteiger partial charge in [-0.25, -0.2) is 0 Å². The predicted molar refractivity (Wildman–Crippen MR) is 119 cm³/mol. The Bertz CT molecular complexity index is 1200. The molecule has 4 atom stereocenters. The molecule has 5 heterocycles. The van der Waals surface area contributed by atoms with Gasteiger partial charge in [-0.2, -0.15) is 0 Å². The normalized spacial score (nSPS) is 31.6. The molecule has 1 aromatic rings. The minimum Gasteiger partial charge on any atom is -0.454 e. The van der Waals surface area contributed by atoms with Crippen LogP contribution in [0.1, 0.15) is 23.2 Å². The first kappa shape index (κ1) is 22.4. The van der Waals surface area contributed by atoms with Crippen LogP contribution in [-0.4, -0.2) is 99.1 Å². The van der Waals surface area contributed by atoms with Crippen LogP contribution >= 0.6 is 0 Å². The number of likely N-dealkylation sites (tertiary alicyclic amines) is 1. The quantitative estimate of drug-likeness (QED) is 0.152. The molecular weight excluding hydrogens is 476 g/mol. The number of nitrogens with zero attached hydrogens (tertiary/aromatic N) is 2. The summed E-state index contributed by atoms with van der Waals surface area (Å²) in [7, 11) is 0. The highest BCUT2D eigenvalue weighted by molar-refractivity contribution is 6.02. The van der Waals surface area contributed by atoms with E-state index >= 15 is 0 Å². The summed E-state index contributed by atoms with van der Waals surface area (Å²) in [5.41, 5.74) is -1.71. The van der Waals surface area contributed by atoms with Gasteiger partial charge in [-0.15, -0.1) is 0 Å². The molecular formula is C21H24N8O7. The van der Waals surface area contributed by atoms with Crippen molar-refractivity contribution in [3.8, 4) is 11.5 Å². The topological polar surface area (TPSA) is 212 Å². The zero-order chi connectivity index (χ0) is 25.4. The fourth-order valence-electron chi connectivity index (χ4n) is 5.70. The molecule has 0 aromatic heterocycles. The number of ether oxygens (including phenoxy) is 2. The Labute approximate surface area is 203 Å². The van der Waals surface area contributed by atoms with Crippen LogP contribution in [0.15, 0.2) is 18.2 Å². The van der Waals surface area contributed by atoms with Crippen molar-refractivity contribution in [3.63, 3.8) is 0 Å². The van der Waals surface area contributed by atoms with Crippen LogP contribution in [-0.2, 0) is 9.59 Å². The second-order valence-corrected chi connectivity index (χ2v) is 9.29. The van der Waals surface area contributed by atoms with Gasteiger partial charge in [0.25, 0.3) is 5.91 Å². The van der Waals surface area contributed by atoms with Gasteiger partial charge in [0, 0.05) is 19.4 Å². The number of rotatable bonds is 4. The molecule has 5 aliphatic rings. The summed E-state index contributed by atoms with van der Waals surface area (Å²) in [6, 6.07) is 1.67. The van der Waals surface area contributed by atoms with Gasteiger partial charge < -0.3 is 45.9 Å². The molecule has 1 spiro atoms. The maximum absolute atomic E-state index is 13.1. The van der Waals surface area contributed by atoms with Gasteiger partial charge in [-0.3, -0.25) is 30.1 Å². The maximum atomic E-state index is 13.1. The molecule has 4 fully saturated rings. The smallest absolute Gasteiger partial charge is 0.255 e. The molecule has 0 aliphatic carbocycles. The van der Waals surface area contributed by atoms with Crippen LogP contribution in [0.3, 0.4) is 0 Å². The van der Waals surface area contributed by atoms with Crippen molar-refractivity contribution in [3.05, 3.63) is 23.8 Å². The molecule has 36 heavy (non-hydrogen) atoms. The third kappa shape index (κ3) is 2.89. The predicted octanol–water partition coefficient (Wildman–Crippen LogP) is -3.24. The molecule has 1 unspecified atom stereocenters. The number of carbonyl (C=O) groups is 3. The highest BCUT2D eigenvalue weighted by Gasteiger charge is 2.74. The van der Waals surface area contributed by atoms with Gasteiger partial charge in [0.05, 0.1) is 24.2 Å². The Hall–Kier alpha value is -4.11. The first-order chi connectivity index (χ1) is 17.1. The van der Waals surface area contributed by atoms with Gasteiger partial charge in [-0.05, 0) is 12.1 Å². The zero-order valence-corrected chi connectivity index (χ0v) is 18.8. The van der Waals surface area contributed by atoms with Crippen molar-refractivity contribution in [1.29, 1.82) is 10.8 Å². The highest BCUT2D eigenvalue weighted by Crippen LogP contribution is 2.43. The number of carbonyl (C=O) groups excluding carboxylic acids is 3. The van der Waals surface area contributed by atoms with Gasteiger partial charge >= 0.3 is 0 Å². The number of aliphatic hydroxyl groups is 2. The molecule has 0 radical (unpaired) electrons. The Kier molecular flexibility index (Phi) is 4.62. The number of guanidine groups is 2. The molecule has 15 heteroatoms. The second kappa shape index (κ2) is 7.44. The Morgan fingerprint density at radius 2 is 1.92 bits per heavy atom. The summed E-state index contributed by atoms with van der Waals surface area (Å²) >= 11 is 0. The largest absolute Gasteiger partial charge is 0.454 e. The SMILES string of the molecule is N=C1N[C@H]2[C@H](CN3C(=O)CCC3=O)NC(=N)N3CC(NC(=O)c4cccc5c4OCO5)C(O)(O)[C@]23N1. The van der Waals surface area contributed by atoms with Gasteiger partial charge in [0.2, 0.25) is 24.4 Å². The molecule has 5 aliphatic heterocycles. The lowest BCUT2D eigenvalue weighted by atomic mass is 9.84. The number of para-hydroxylation sites is 1. The van der Waals surface area contributed by atoms with Crippen molar-refractivity contribution in [2.24, 2.45) is 0 Å². The van der Waals surface area contributed by atoms with E-state index in [-0.39, 0.29) is 67.8 Å². The van der Waals surface area contributed by atoms with E-state index in [0.29, 0.717) is 5.75 Å². The summed E-state index contributed by atoms with van der Waals surface area (Å²) < 4.78 is 10.7. The molecule has 8 N–H and O–H groups in total. The lowest BCUT2D eigenvalue weighted by Gasteiger charge is -2.51. The van der Waals surface area contributed by atoms with Crippen molar-refractivity contribution < 1.29 is 34.1 Å². The van der Waals surface area contributed by atoms with Crippen LogP contribution in [0.25, 0.3) is 0 Å². The lowest BCUT2D eigenvalue weighted by Crippen LogP contribution is -2.81. The van der Waals surface area contributed by atoms with E-state index in [1.807, 2.05) is 0 Å². The number of nitrogens with one attached hydrogen (secondary N) is 6. The van der Waals surface area contributed by atoms with E-state index in [9.17, 15) is 24.6 Å². The van der Waals surface area contributed by atoms with Crippen molar-refractivity contribution in [1.82, 2.24) is 31.1 Å². The Morgan fingerprint density at radius 1 is 1.17 bits per heavy atom. The molecule has 0 bridgehead atoms. The molecule has 4 saturated heterocycles. The molecule has 6 rings (SSSR count). The first-order valence-corrected chi connectivity index (χ1v) is 11.4. The highest BCUT2D eigenvalue weighted by atomic mass is 16.7. The van der Waals surface area contributed by atoms with E-state index in [0.717, 1.165) is 4.90 Å². The number of hydrogen-bond donors (Lipinski definition) is 8. The first-order valence-electron chi connectivity index (χ1n) is 11.4. The maximum Gasteiger partial charge on any atom is 0.255 e. The van der Waals surface area contributed by atoms with Crippen LogP contribution in [0.4, 0.5) is 0 Å². The average Bonchev–Trinajstić information content (AvgIpc) is 3.57. The zero-order valence-electron chi connectivity index (χ0n) is 18.8. The summed E-state index contributed by atoms with van der Waals surface area (Å²) in [6.07, 6.45) is 0.171. The minimum atomic E-state index is -2.69. The Balaban J connectivity index is 1.31. The second-order valence-electron chi connectivity index (χ2n) is 9.29. The van der Waals surface area contributed by atoms with E-state index in [4.69, 9.17) is 20.3 Å². The van der Waals surface area contributed by atoms with Crippen LogP contribution in [0.5, 0.6) is 11.5 Å². The average molecular weight is 500 g/mol. The molecule has 190 valence electrons. The van der Waals surface area contributed by atoms with Crippen LogP contribution in [0.2, 0.25) is 0 Å². The molecule has 3 amide bonds. The van der Waals surface area contributed by atoms with E-state index < -0.39 is 35.5 Å². The molecule has 15 nitrogen and oxygen atoms in total. The van der Waals surface area contributed by atoms with Crippen molar-refractivity contribution >= 4 is 29.6 Å². The van der Waals surface area contributed by atoms with Crippen molar-refractivity contribution in [2.45, 2.75) is 42.4 Å². The summed E-state index contributed by atoms with van der Waals surface area (Å²) in [4.78, 5) is 39.9. The third-order valence-electron chi connectivity index (χ3n) is 7.38. The number of fused-ring (bicyclic) bond motifs is 1. The van der Waals surface area contributed by atoms with E-state index in [2.05, 4.69) is 21.3 Å². The summed E-state index contributed by atoms with van der Waals surface area (Å²) in [6.45, 7) is -0.373. The summed E-state index contributed by atoms with van der Waals surface area (Å²) in [5.74, 6) is -3.89. The number of amides is 3. The lowest BCUT2D eigenvalue weighted by molar-refractivity contribution is -0.232. The van der Waals surface area contributed by atoms with E-state index in [1.54, 1.807) is 12.1 Å². The molecule has 1 aromatic carbocycles. The Morgan fingerprint density at radius 3 is 2.67 bits per heavy atom. The van der Waals surface area contributed by atoms with Crippen LogP contribution in [0, 0.1) is 10.8 Å². The number of imide groups is 1. The third-order valence-corrected chi connectivity index (χ3v) is 7.38. The van der Waals surface area contributed by atoms with Gasteiger partial charge in [0.1, 0.15) is 6.04 Å². The minimum absolute atomic E-state index is 0.0461. The molecule has 0 saturated carbocycles. The standard InChI is InChI=1S/C21H24N8O7/c22-18-26-16-10(6-28-13(30)4-5-14(28)31)24-19(23)29-7-12(21(33,34)20(16,29)27-18)25-17(32)9-2-1-3-11-15(9)36-8-35-11/h1-3,10,12,16,33-34H,4-8H2,(H2,23,24)(H,25,32)(H3,22,26,27)/t10-,12?,16-,20-/m0/s1. The van der Waals surface area contributed by atoms with Gasteiger partial charge in [-0.1, -0.05) is 6.07 Å². The monoisotopic (exact) mass is 500 g/mol. The fraction of sp³-hybridized carbons (Fsp3) is 0.476. The van der Waals surface area contributed by atoms with Crippen LogP contribution < -0.4 is 30.7 Å². The van der Waals surface area contributed by atoms with E-state index in [1.165, 1.54) is 11.0 Å². The van der Waals surface area contributed by atoms with Gasteiger partial charge in [0.15, 0.2) is 29.1 Å². The summed E-state index contributed by atoms with van der Waals surface area (Å²) in [5, 5.41) is 50.8.